The highest BCUT2D eigenvalue weighted by Crippen LogP contribution is 2.28. The van der Waals surface area contributed by atoms with Gasteiger partial charge in [0, 0.05) is 28.2 Å². The van der Waals surface area contributed by atoms with Gasteiger partial charge in [-0.15, -0.1) is 0 Å². The van der Waals surface area contributed by atoms with Gasteiger partial charge in [0.25, 0.3) is 10.0 Å². The highest BCUT2D eigenvalue weighted by molar-refractivity contribution is 7.92. The number of carbonyl (C=O) groups excluding carboxylic acids is 2. The van der Waals surface area contributed by atoms with Gasteiger partial charge in [0.2, 0.25) is 11.8 Å². The average molecular weight is 605 g/mol. The molecule has 0 aliphatic heterocycles. The summed E-state index contributed by atoms with van der Waals surface area (Å²) in [7, 11) is -4.14. The number of rotatable bonds is 11. The molecular formula is C30H35Cl2N3O4S. The van der Waals surface area contributed by atoms with Gasteiger partial charge < -0.3 is 10.2 Å². The SMILES string of the molecule is CC[C@H](C)NC(=O)[C@@H](C)N(Cc1c(Cl)cccc1Cl)C(=O)CN(c1cccc(C)c1)S(=O)(=O)c1ccc(C)cc1. The van der Waals surface area contributed by atoms with Gasteiger partial charge in [-0.1, -0.05) is 66.0 Å². The van der Waals surface area contributed by atoms with E-state index in [2.05, 4.69) is 5.32 Å². The summed E-state index contributed by atoms with van der Waals surface area (Å²) < 4.78 is 28.9. The van der Waals surface area contributed by atoms with E-state index in [1.165, 1.54) is 17.0 Å². The zero-order chi connectivity index (χ0) is 29.6. The fourth-order valence-corrected chi connectivity index (χ4v) is 5.97. The maximum absolute atomic E-state index is 14.0. The van der Waals surface area contributed by atoms with Crippen LogP contribution in [0.3, 0.4) is 0 Å². The summed E-state index contributed by atoms with van der Waals surface area (Å²) in [6.45, 7) is 8.50. The van der Waals surface area contributed by atoms with Crippen molar-refractivity contribution in [2.24, 2.45) is 0 Å². The lowest BCUT2D eigenvalue weighted by molar-refractivity contribution is -0.139. The van der Waals surface area contributed by atoms with Crippen LogP contribution in [0.5, 0.6) is 0 Å². The maximum atomic E-state index is 14.0. The van der Waals surface area contributed by atoms with Crippen LogP contribution < -0.4 is 9.62 Å². The van der Waals surface area contributed by atoms with E-state index < -0.39 is 28.5 Å². The topological polar surface area (TPSA) is 86.8 Å². The molecule has 7 nitrogen and oxygen atoms in total. The van der Waals surface area contributed by atoms with Crippen LogP contribution in [-0.2, 0) is 26.2 Å². The van der Waals surface area contributed by atoms with Crippen molar-refractivity contribution in [3.8, 4) is 0 Å². The summed E-state index contributed by atoms with van der Waals surface area (Å²) in [6.07, 6.45) is 0.707. The maximum Gasteiger partial charge on any atom is 0.264 e. The molecule has 10 heteroatoms. The second-order valence-corrected chi connectivity index (χ2v) is 12.6. The third-order valence-corrected chi connectivity index (χ3v) is 9.23. The number of aryl methyl sites for hydroxylation is 2. The largest absolute Gasteiger partial charge is 0.352 e. The number of hydrogen-bond donors (Lipinski definition) is 1. The molecule has 214 valence electrons. The third-order valence-electron chi connectivity index (χ3n) is 6.74. The molecule has 0 aromatic heterocycles. The van der Waals surface area contributed by atoms with Crippen LogP contribution in [0, 0.1) is 13.8 Å². The molecule has 0 saturated carbocycles. The number of benzene rings is 3. The molecule has 0 heterocycles. The Labute approximate surface area is 247 Å². The lowest BCUT2D eigenvalue weighted by atomic mass is 10.1. The van der Waals surface area contributed by atoms with E-state index in [4.69, 9.17) is 23.2 Å². The summed E-state index contributed by atoms with van der Waals surface area (Å²) in [4.78, 5) is 28.6. The number of hydrogen-bond acceptors (Lipinski definition) is 4. The number of nitrogens with one attached hydrogen (secondary N) is 1. The minimum atomic E-state index is -4.14. The number of sulfonamides is 1. The fourth-order valence-electron chi connectivity index (χ4n) is 4.05. The first kappa shape index (κ1) is 31.5. The number of nitrogens with zero attached hydrogens (tertiary/aromatic N) is 2. The number of amides is 2. The van der Waals surface area contributed by atoms with Crippen molar-refractivity contribution < 1.29 is 18.0 Å². The van der Waals surface area contributed by atoms with Crippen LogP contribution in [0.1, 0.15) is 43.9 Å². The monoisotopic (exact) mass is 603 g/mol. The van der Waals surface area contributed by atoms with Crippen LogP contribution in [0.15, 0.2) is 71.6 Å². The first-order valence-corrected chi connectivity index (χ1v) is 15.2. The molecule has 1 N–H and O–H groups in total. The molecule has 3 aromatic carbocycles. The van der Waals surface area contributed by atoms with Crippen molar-refractivity contribution in [3.63, 3.8) is 0 Å². The molecule has 3 rings (SSSR count). The Morgan fingerprint density at radius 3 is 2.08 bits per heavy atom. The van der Waals surface area contributed by atoms with Gasteiger partial charge in [-0.25, -0.2) is 8.42 Å². The molecule has 0 aliphatic carbocycles. The van der Waals surface area contributed by atoms with Crippen molar-refractivity contribution in [3.05, 3.63) is 93.5 Å². The summed E-state index contributed by atoms with van der Waals surface area (Å²) in [6, 6.07) is 17.3. The Morgan fingerprint density at radius 1 is 0.900 bits per heavy atom. The van der Waals surface area contributed by atoms with Gasteiger partial charge in [-0.2, -0.15) is 0 Å². The number of halogens is 2. The van der Waals surface area contributed by atoms with Crippen LogP contribution in [-0.4, -0.2) is 43.8 Å². The molecule has 0 radical (unpaired) electrons. The van der Waals surface area contributed by atoms with Gasteiger partial charge in [0.1, 0.15) is 12.6 Å². The van der Waals surface area contributed by atoms with Crippen LogP contribution in [0.2, 0.25) is 10.0 Å². The zero-order valence-corrected chi connectivity index (χ0v) is 25.6. The average Bonchev–Trinajstić information content (AvgIpc) is 2.91. The molecule has 2 atom stereocenters. The summed E-state index contributed by atoms with van der Waals surface area (Å²) in [5, 5.41) is 3.57. The van der Waals surface area contributed by atoms with Crippen molar-refractivity contribution >= 4 is 50.7 Å². The molecule has 0 saturated heterocycles. The van der Waals surface area contributed by atoms with Crippen molar-refractivity contribution in [1.82, 2.24) is 10.2 Å². The highest BCUT2D eigenvalue weighted by atomic mass is 35.5. The van der Waals surface area contributed by atoms with E-state index in [0.717, 1.165) is 15.4 Å². The van der Waals surface area contributed by atoms with Gasteiger partial charge in [-0.05, 0) is 76.1 Å². The molecule has 0 spiro atoms. The molecule has 3 aromatic rings. The number of carbonyl (C=O) groups is 2. The predicted octanol–water partition coefficient (Wildman–Crippen LogP) is 6.14. The normalized spacial score (nSPS) is 12.9. The van der Waals surface area contributed by atoms with E-state index in [1.807, 2.05) is 33.8 Å². The standard InChI is InChI=1S/C30H35Cl2N3O4S/c1-6-22(4)33-30(37)23(5)34(18-26-27(31)11-8-12-28(26)32)29(36)19-35(24-10-7-9-21(3)17-24)40(38,39)25-15-13-20(2)14-16-25/h7-17,22-23H,6,18-19H2,1-5H3,(H,33,37)/t22-,23+/m0/s1. The molecule has 2 amide bonds. The third kappa shape index (κ3) is 7.56. The van der Waals surface area contributed by atoms with Crippen molar-refractivity contribution in [2.75, 3.05) is 10.8 Å². The molecule has 0 aliphatic rings. The van der Waals surface area contributed by atoms with Crippen molar-refractivity contribution in [2.45, 2.75) is 64.6 Å². The number of anilines is 1. The second kappa shape index (κ2) is 13.5. The van der Waals surface area contributed by atoms with Gasteiger partial charge >= 0.3 is 0 Å². The van der Waals surface area contributed by atoms with E-state index >= 15 is 0 Å². The Bertz CT molecular complexity index is 1440. The quantitative estimate of drug-likeness (QED) is 0.285. The lowest BCUT2D eigenvalue weighted by Crippen LogP contribution is -2.52. The second-order valence-electron chi connectivity index (χ2n) is 9.88. The van der Waals surface area contributed by atoms with Crippen LogP contribution >= 0.6 is 23.2 Å². The lowest BCUT2D eigenvalue weighted by Gasteiger charge is -2.33. The Balaban J connectivity index is 2.07. The van der Waals surface area contributed by atoms with E-state index in [1.54, 1.807) is 55.5 Å². The minimum Gasteiger partial charge on any atom is -0.352 e. The summed E-state index contributed by atoms with van der Waals surface area (Å²) in [5.74, 6) is -0.950. The van der Waals surface area contributed by atoms with E-state index in [0.29, 0.717) is 27.7 Å². The molecule has 0 bridgehead atoms. The van der Waals surface area contributed by atoms with Crippen LogP contribution in [0.4, 0.5) is 5.69 Å². The van der Waals surface area contributed by atoms with Crippen molar-refractivity contribution in [1.29, 1.82) is 0 Å². The van der Waals surface area contributed by atoms with Gasteiger partial charge in [0.05, 0.1) is 10.6 Å². The molecular weight excluding hydrogens is 569 g/mol. The summed E-state index contributed by atoms with van der Waals surface area (Å²) in [5.41, 5.74) is 2.53. The highest BCUT2D eigenvalue weighted by Gasteiger charge is 2.33. The predicted molar refractivity (Wildman–Crippen MR) is 161 cm³/mol. The first-order chi connectivity index (χ1) is 18.8. The Kier molecular flexibility index (Phi) is 10.6. The first-order valence-electron chi connectivity index (χ1n) is 13.0. The van der Waals surface area contributed by atoms with E-state index in [9.17, 15) is 18.0 Å². The van der Waals surface area contributed by atoms with E-state index in [-0.39, 0.29) is 23.4 Å². The molecule has 0 fully saturated rings. The van der Waals surface area contributed by atoms with Gasteiger partial charge in [0.15, 0.2) is 0 Å². The molecule has 40 heavy (non-hydrogen) atoms. The van der Waals surface area contributed by atoms with Gasteiger partial charge in [-0.3, -0.25) is 13.9 Å². The minimum absolute atomic E-state index is 0.0515. The zero-order valence-electron chi connectivity index (χ0n) is 23.3. The van der Waals surface area contributed by atoms with Crippen LogP contribution in [0.25, 0.3) is 0 Å². The Morgan fingerprint density at radius 2 is 1.50 bits per heavy atom. The smallest absolute Gasteiger partial charge is 0.264 e. The Hall–Kier alpha value is -3.07. The molecule has 0 unspecified atom stereocenters. The summed E-state index contributed by atoms with van der Waals surface area (Å²) >= 11 is 12.8. The fraction of sp³-hybridized carbons (Fsp3) is 0.333.